The molecule has 5 nitrogen and oxygen atoms in total. The predicted molar refractivity (Wildman–Crippen MR) is 84.0 cm³/mol. The second-order valence-electron chi connectivity index (χ2n) is 7.08. The lowest BCUT2D eigenvalue weighted by Crippen LogP contribution is -2.48. The predicted octanol–water partition coefficient (Wildman–Crippen LogP) is 0.399. The highest BCUT2D eigenvalue weighted by molar-refractivity contribution is 5.78. The van der Waals surface area contributed by atoms with Gasteiger partial charge in [0, 0.05) is 44.3 Å². The van der Waals surface area contributed by atoms with Crippen LogP contribution in [0.1, 0.15) is 39.0 Å². The number of nitrogens with one attached hydrogen (secondary N) is 1. The standard InChI is InChI=1S/C16H30N4O/c1-12-9-15(11-20(12)14-4-5-14)19-8-2-3-13(10-19)16(21)18-7-6-17/h12-15H,2-11,17H2,1H3,(H,18,21). The molecule has 3 atom stereocenters. The number of hydrogen-bond acceptors (Lipinski definition) is 4. The Hall–Kier alpha value is -0.650. The molecule has 1 saturated carbocycles. The van der Waals surface area contributed by atoms with E-state index in [2.05, 4.69) is 22.0 Å². The molecule has 0 aromatic rings. The maximum atomic E-state index is 12.2. The maximum absolute atomic E-state index is 12.2. The van der Waals surface area contributed by atoms with E-state index in [4.69, 9.17) is 5.73 Å². The van der Waals surface area contributed by atoms with Crippen LogP contribution in [0.15, 0.2) is 0 Å². The minimum Gasteiger partial charge on any atom is -0.355 e. The smallest absolute Gasteiger partial charge is 0.224 e. The van der Waals surface area contributed by atoms with Gasteiger partial charge in [0.15, 0.2) is 0 Å². The Morgan fingerprint density at radius 2 is 2.05 bits per heavy atom. The Labute approximate surface area is 128 Å². The highest BCUT2D eigenvalue weighted by Gasteiger charge is 2.41. The van der Waals surface area contributed by atoms with Gasteiger partial charge in [-0.2, -0.15) is 0 Å². The first-order valence-corrected chi connectivity index (χ1v) is 8.66. The zero-order chi connectivity index (χ0) is 14.8. The third-order valence-corrected chi connectivity index (χ3v) is 5.40. The number of hydrogen-bond donors (Lipinski definition) is 2. The summed E-state index contributed by atoms with van der Waals surface area (Å²) in [6, 6.07) is 2.23. The molecule has 2 heterocycles. The summed E-state index contributed by atoms with van der Waals surface area (Å²) < 4.78 is 0. The Balaban J connectivity index is 1.52. The van der Waals surface area contributed by atoms with E-state index in [1.54, 1.807) is 0 Å². The van der Waals surface area contributed by atoms with Crippen molar-refractivity contribution in [3.63, 3.8) is 0 Å². The Morgan fingerprint density at radius 3 is 2.76 bits per heavy atom. The van der Waals surface area contributed by atoms with E-state index in [0.29, 0.717) is 25.2 Å². The summed E-state index contributed by atoms with van der Waals surface area (Å²) in [5, 5.41) is 2.96. The number of carbonyl (C=O) groups excluding carboxylic acids is 1. The van der Waals surface area contributed by atoms with E-state index in [1.165, 1.54) is 25.8 Å². The van der Waals surface area contributed by atoms with Crippen LogP contribution in [0.25, 0.3) is 0 Å². The van der Waals surface area contributed by atoms with Gasteiger partial charge >= 0.3 is 0 Å². The van der Waals surface area contributed by atoms with Gasteiger partial charge in [0.25, 0.3) is 0 Å². The normalized spacial score (nSPS) is 35.0. The molecule has 0 bridgehead atoms. The van der Waals surface area contributed by atoms with Crippen LogP contribution in [0.2, 0.25) is 0 Å². The quantitative estimate of drug-likeness (QED) is 0.770. The number of rotatable bonds is 5. The Kier molecular flexibility index (Phi) is 4.82. The minimum absolute atomic E-state index is 0.163. The van der Waals surface area contributed by atoms with E-state index < -0.39 is 0 Å². The first-order chi connectivity index (χ1) is 10.2. The van der Waals surface area contributed by atoms with Gasteiger partial charge in [-0.05, 0) is 45.6 Å². The van der Waals surface area contributed by atoms with Gasteiger partial charge in [-0.25, -0.2) is 0 Å². The molecule has 0 spiro atoms. The van der Waals surface area contributed by atoms with Gasteiger partial charge in [-0.15, -0.1) is 0 Å². The van der Waals surface area contributed by atoms with Crippen molar-refractivity contribution in [2.45, 2.75) is 57.2 Å². The SMILES string of the molecule is CC1CC(N2CCCC(C(=O)NCCN)C2)CN1C1CC1. The van der Waals surface area contributed by atoms with Crippen LogP contribution >= 0.6 is 0 Å². The molecule has 0 aromatic heterocycles. The van der Waals surface area contributed by atoms with Crippen molar-refractivity contribution < 1.29 is 4.79 Å². The largest absolute Gasteiger partial charge is 0.355 e. The van der Waals surface area contributed by atoms with E-state index in [9.17, 15) is 4.79 Å². The van der Waals surface area contributed by atoms with Crippen LogP contribution in [-0.2, 0) is 4.79 Å². The number of nitrogens with zero attached hydrogens (tertiary/aromatic N) is 2. The Bertz CT molecular complexity index is 371. The molecule has 3 rings (SSSR count). The van der Waals surface area contributed by atoms with Gasteiger partial charge < -0.3 is 11.1 Å². The number of nitrogens with two attached hydrogens (primary N) is 1. The third kappa shape index (κ3) is 3.58. The van der Waals surface area contributed by atoms with Crippen molar-refractivity contribution in [1.29, 1.82) is 0 Å². The number of piperidine rings is 1. The zero-order valence-corrected chi connectivity index (χ0v) is 13.3. The molecule has 0 radical (unpaired) electrons. The van der Waals surface area contributed by atoms with Crippen LogP contribution in [0, 0.1) is 5.92 Å². The molecule has 21 heavy (non-hydrogen) atoms. The molecule has 3 N–H and O–H groups in total. The van der Waals surface area contributed by atoms with Gasteiger partial charge in [0.05, 0.1) is 5.92 Å². The van der Waals surface area contributed by atoms with Crippen LogP contribution < -0.4 is 11.1 Å². The molecule has 1 aliphatic carbocycles. The fourth-order valence-electron chi connectivity index (χ4n) is 4.10. The molecule has 120 valence electrons. The second-order valence-corrected chi connectivity index (χ2v) is 7.08. The zero-order valence-electron chi connectivity index (χ0n) is 13.3. The van der Waals surface area contributed by atoms with Crippen molar-refractivity contribution >= 4 is 5.91 Å². The Morgan fingerprint density at radius 1 is 1.24 bits per heavy atom. The van der Waals surface area contributed by atoms with E-state index in [-0.39, 0.29) is 11.8 Å². The van der Waals surface area contributed by atoms with E-state index >= 15 is 0 Å². The topological polar surface area (TPSA) is 61.6 Å². The third-order valence-electron chi connectivity index (χ3n) is 5.40. The van der Waals surface area contributed by atoms with Gasteiger partial charge in [0.1, 0.15) is 0 Å². The lowest BCUT2D eigenvalue weighted by molar-refractivity contribution is -0.126. The first-order valence-electron chi connectivity index (χ1n) is 8.66. The minimum atomic E-state index is 0.163. The lowest BCUT2D eigenvalue weighted by atomic mass is 9.95. The van der Waals surface area contributed by atoms with Crippen molar-refractivity contribution in [2.24, 2.45) is 11.7 Å². The van der Waals surface area contributed by atoms with E-state index in [0.717, 1.165) is 32.0 Å². The average molecular weight is 294 g/mol. The van der Waals surface area contributed by atoms with E-state index in [1.807, 2.05) is 0 Å². The highest BCUT2D eigenvalue weighted by atomic mass is 16.1. The number of carbonyl (C=O) groups is 1. The van der Waals surface area contributed by atoms with Crippen LogP contribution in [0.4, 0.5) is 0 Å². The fraction of sp³-hybridized carbons (Fsp3) is 0.938. The molecule has 3 unspecified atom stereocenters. The highest BCUT2D eigenvalue weighted by Crippen LogP contribution is 2.35. The first kappa shape index (κ1) is 15.3. The van der Waals surface area contributed by atoms with Gasteiger partial charge in [-0.1, -0.05) is 0 Å². The monoisotopic (exact) mass is 294 g/mol. The second kappa shape index (κ2) is 6.63. The molecule has 2 saturated heterocycles. The summed E-state index contributed by atoms with van der Waals surface area (Å²) in [6.45, 7) is 6.81. The van der Waals surface area contributed by atoms with Gasteiger partial charge in [0.2, 0.25) is 5.91 Å². The fourth-order valence-corrected chi connectivity index (χ4v) is 4.10. The molecule has 1 amide bonds. The maximum Gasteiger partial charge on any atom is 0.224 e. The van der Waals surface area contributed by atoms with Gasteiger partial charge in [-0.3, -0.25) is 14.6 Å². The summed E-state index contributed by atoms with van der Waals surface area (Å²) in [6.07, 6.45) is 6.23. The number of likely N-dealkylation sites (tertiary alicyclic amines) is 2. The van der Waals surface area contributed by atoms with Crippen LogP contribution in [0.3, 0.4) is 0 Å². The molecule has 3 aliphatic rings. The number of amides is 1. The van der Waals surface area contributed by atoms with Crippen LogP contribution in [-0.4, -0.2) is 66.6 Å². The van der Waals surface area contributed by atoms with Crippen molar-refractivity contribution in [2.75, 3.05) is 32.7 Å². The summed E-state index contributed by atoms with van der Waals surface area (Å²) in [5.41, 5.74) is 5.47. The van der Waals surface area contributed by atoms with Crippen LogP contribution in [0.5, 0.6) is 0 Å². The average Bonchev–Trinajstić information content (AvgIpc) is 3.27. The van der Waals surface area contributed by atoms with Crippen molar-refractivity contribution in [3.05, 3.63) is 0 Å². The lowest BCUT2D eigenvalue weighted by Gasteiger charge is -2.36. The molecule has 3 fully saturated rings. The summed E-state index contributed by atoms with van der Waals surface area (Å²) in [7, 11) is 0. The van der Waals surface area contributed by atoms with Crippen molar-refractivity contribution in [1.82, 2.24) is 15.1 Å². The summed E-state index contributed by atoms with van der Waals surface area (Å²) >= 11 is 0. The molecule has 0 aromatic carbocycles. The molecular weight excluding hydrogens is 264 g/mol. The summed E-state index contributed by atoms with van der Waals surface area (Å²) in [5.74, 6) is 0.367. The molecule has 2 aliphatic heterocycles. The molecule has 5 heteroatoms. The molecular formula is C16H30N4O. The van der Waals surface area contributed by atoms with Crippen molar-refractivity contribution in [3.8, 4) is 0 Å². The summed E-state index contributed by atoms with van der Waals surface area (Å²) in [4.78, 5) is 17.4.